The summed E-state index contributed by atoms with van der Waals surface area (Å²) in [6, 6.07) is 5.48. The molecule has 1 amide bonds. The van der Waals surface area contributed by atoms with Crippen LogP contribution in [0.5, 0.6) is 5.75 Å². The molecule has 1 heterocycles. The number of nitrogens with zero attached hydrogens (tertiary/aromatic N) is 1. The molecule has 0 radical (unpaired) electrons. The fraction of sp³-hybridized carbons (Fsp3) is 0.500. The van der Waals surface area contributed by atoms with Crippen LogP contribution in [0.2, 0.25) is 0 Å². The minimum absolute atomic E-state index is 0.0263. The molecule has 104 valence electrons. The van der Waals surface area contributed by atoms with E-state index < -0.39 is 0 Å². The average molecular weight is 263 g/mol. The minimum atomic E-state index is -0.208. The summed E-state index contributed by atoms with van der Waals surface area (Å²) in [6.45, 7) is 5.26. The van der Waals surface area contributed by atoms with E-state index in [9.17, 15) is 9.90 Å². The zero-order chi connectivity index (χ0) is 14.0. The summed E-state index contributed by atoms with van der Waals surface area (Å²) >= 11 is 0. The van der Waals surface area contributed by atoms with E-state index >= 15 is 0 Å². The van der Waals surface area contributed by atoms with Crippen LogP contribution in [0.3, 0.4) is 0 Å². The number of phenols is 1. The van der Waals surface area contributed by atoms with Crippen LogP contribution in [-0.2, 0) is 4.79 Å². The highest BCUT2D eigenvalue weighted by atomic mass is 16.3. The van der Waals surface area contributed by atoms with Gasteiger partial charge in [0.1, 0.15) is 11.8 Å². The molecule has 1 aromatic rings. The van der Waals surface area contributed by atoms with Gasteiger partial charge in [0.15, 0.2) is 0 Å². The van der Waals surface area contributed by atoms with Gasteiger partial charge in [-0.3, -0.25) is 4.79 Å². The Kier molecular flexibility index (Phi) is 3.95. The Morgan fingerprint density at radius 1 is 1.53 bits per heavy atom. The first kappa shape index (κ1) is 13.7. The van der Waals surface area contributed by atoms with Crippen LogP contribution in [0.25, 0.3) is 0 Å². The van der Waals surface area contributed by atoms with E-state index in [2.05, 4.69) is 10.6 Å². The highest BCUT2D eigenvalue weighted by Crippen LogP contribution is 2.30. The van der Waals surface area contributed by atoms with Gasteiger partial charge in [0.05, 0.1) is 0 Å². The second kappa shape index (κ2) is 5.48. The molecule has 1 aromatic carbocycles. The van der Waals surface area contributed by atoms with Gasteiger partial charge in [0.2, 0.25) is 5.91 Å². The van der Waals surface area contributed by atoms with E-state index in [0.717, 1.165) is 17.8 Å². The molecule has 0 bridgehead atoms. The first-order valence-corrected chi connectivity index (χ1v) is 6.59. The number of carbonyl (C=O) groups excluding carboxylic acids is 1. The number of benzene rings is 1. The molecule has 0 saturated carbocycles. The molecule has 1 fully saturated rings. The predicted molar refractivity (Wildman–Crippen MR) is 75.4 cm³/mol. The number of hydrogen-bond acceptors (Lipinski definition) is 4. The van der Waals surface area contributed by atoms with E-state index in [4.69, 9.17) is 0 Å². The lowest BCUT2D eigenvalue weighted by molar-refractivity contribution is -0.122. The van der Waals surface area contributed by atoms with Gasteiger partial charge < -0.3 is 20.6 Å². The Morgan fingerprint density at radius 3 is 2.89 bits per heavy atom. The number of piperazine rings is 1. The van der Waals surface area contributed by atoms with Crippen LogP contribution in [0.1, 0.15) is 25.5 Å². The first-order chi connectivity index (χ1) is 9.04. The molecular formula is C14H21N3O2. The topological polar surface area (TPSA) is 64.6 Å². The van der Waals surface area contributed by atoms with Crippen molar-refractivity contribution < 1.29 is 9.90 Å². The second-order valence-electron chi connectivity index (χ2n) is 4.91. The number of phenolic OH excluding ortho intramolecular Hbond substituents is 1. The van der Waals surface area contributed by atoms with Crippen molar-refractivity contribution in [1.29, 1.82) is 0 Å². The third-order valence-electron chi connectivity index (χ3n) is 3.74. The molecule has 1 saturated heterocycles. The molecule has 1 aliphatic heterocycles. The normalized spacial score (nSPS) is 21.1. The largest absolute Gasteiger partial charge is 0.508 e. The molecule has 1 aliphatic rings. The summed E-state index contributed by atoms with van der Waals surface area (Å²) in [7, 11) is 1.86. The smallest absolute Gasteiger partial charge is 0.242 e. The third kappa shape index (κ3) is 2.66. The lowest BCUT2D eigenvalue weighted by Crippen LogP contribution is -2.54. The van der Waals surface area contributed by atoms with Crippen molar-refractivity contribution in [2.45, 2.75) is 25.9 Å². The summed E-state index contributed by atoms with van der Waals surface area (Å²) in [4.78, 5) is 13.7. The maximum Gasteiger partial charge on any atom is 0.242 e. The highest BCUT2D eigenvalue weighted by Gasteiger charge is 2.26. The van der Waals surface area contributed by atoms with Gasteiger partial charge in [0.25, 0.3) is 0 Å². The number of anilines is 1. The molecule has 0 aromatic heterocycles. The number of carbonyl (C=O) groups is 1. The van der Waals surface area contributed by atoms with Gasteiger partial charge >= 0.3 is 0 Å². The van der Waals surface area contributed by atoms with E-state index in [1.54, 1.807) is 6.07 Å². The molecule has 0 spiro atoms. The van der Waals surface area contributed by atoms with Crippen molar-refractivity contribution in [2.24, 2.45) is 0 Å². The van der Waals surface area contributed by atoms with Crippen LogP contribution in [-0.4, -0.2) is 37.2 Å². The molecule has 5 nitrogen and oxygen atoms in total. The molecule has 2 rings (SSSR count). The van der Waals surface area contributed by atoms with Crippen molar-refractivity contribution in [2.75, 3.05) is 25.0 Å². The minimum Gasteiger partial charge on any atom is -0.508 e. The highest BCUT2D eigenvalue weighted by molar-refractivity contribution is 5.86. The van der Waals surface area contributed by atoms with Gasteiger partial charge in [0, 0.05) is 36.4 Å². The lowest BCUT2D eigenvalue weighted by atomic mass is 10.1. The number of nitrogens with one attached hydrogen (secondary N) is 2. The number of aromatic hydroxyl groups is 1. The summed E-state index contributed by atoms with van der Waals surface area (Å²) in [6.07, 6.45) is 0. The summed E-state index contributed by atoms with van der Waals surface area (Å²) in [5, 5.41) is 16.0. The fourth-order valence-corrected chi connectivity index (χ4v) is 2.37. The zero-order valence-electron chi connectivity index (χ0n) is 11.6. The van der Waals surface area contributed by atoms with Crippen molar-refractivity contribution in [1.82, 2.24) is 10.6 Å². The molecule has 19 heavy (non-hydrogen) atoms. The SMILES string of the molecule is CNC(C)c1ccc(N2CCNC(=O)C2C)cc1O. The predicted octanol–water partition coefficient (Wildman–Crippen LogP) is 0.997. The maximum absolute atomic E-state index is 11.7. The van der Waals surface area contributed by atoms with Gasteiger partial charge in [-0.2, -0.15) is 0 Å². The van der Waals surface area contributed by atoms with E-state index in [1.165, 1.54) is 0 Å². The molecule has 2 atom stereocenters. The summed E-state index contributed by atoms with van der Waals surface area (Å²) in [5.74, 6) is 0.288. The van der Waals surface area contributed by atoms with E-state index in [1.807, 2.05) is 37.9 Å². The number of rotatable bonds is 3. The van der Waals surface area contributed by atoms with Crippen LogP contribution >= 0.6 is 0 Å². The van der Waals surface area contributed by atoms with Gasteiger partial charge in [-0.25, -0.2) is 0 Å². The molecular weight excluding hydrogens is 242 g/mol. The molecule has 5 heteroatoms. The van der Waals surface area contributed by atoms with E-state index in [0.29, 0.717) is 6.54 Å². The van der Waals surface area contributed by atoms with Gasteiger partial charge in [-0.15, -0.1) is 0 Å². The monoisotopic (exact) mass is 263 g/mol. The Balaban J connectivity index is 2.26. The number of hydrogen-bond donors (Lipinski definition) is 3. The van der Waals surface area contributed by atoms with E-state index in [-0.39, 0.29) is 23.7 Å². The van der Waals surface area contributed by atoms with Gasteiger partial charge in [-0.05, 0) is 27.0 Å². The summed E-state index contributed by atoms with van der Waals surface area (Å²) in [5.41, 5.74) is 1.74. The Hall–Kier alpha value is -1.75. The van der Waals surface area contributed by atoms with Crippen molar-refractivity contribution in [3.8, 4) is 5.75 Å². The summed E-state index contributed by atoms with van der Waals surface area (Å²) < 4.78 is 0. The van der Waals surface area contributed by atoms with Crippen molar-refractivity contribution in [3.05, 3.63) is 23.8 Å². The van der Waals surface area contributed by atoms with Crippen LogP contribution in [0.15, 0.2) is 18.2 Å². The Labute approximate surface area is 113 Å². The molecule has 2 unspecified atom stereocenters. The standard InChI is InChI=1S/C14H21N3O2/c1-9(15-3)12-5-4-11(8-13(12)18)17-7-6-16-14(19)10(17)2/h4-5,8-10,15,18H,6-7H2,1-3H3,(H,16,19). The zero-order valence-corrected chi connectivity index (χ0v) is 11.6. The maximum atomic E-state index is 11.7. The van der Waals surface area contributed by atoms with Crippen LogP contribution in [0, 0.1) is 0 Å². The van der Waals surface area contributed by atoms with Crippen LogP contribution in [0.4, 0.5) is 5.69 Å². The van der Waals surface area contributed by atoms with Crippen molar-refractivity contribution >= 4 is 11.6 Å². The Bertz CT molecular complexity index is 476. The van der Waals surface area contributed by atoms with Crippen LogP contribution < -0.4 is 15.5 Å². The van der Waals surface area contributed by atoms with Crippen molar-refractivity contribution in [3.63, 3.8) is 0 Å². The quantitative estimate of drug-likeness (QED) is 0.761. The molecule has 3 N–H and O–H groups in total. The fourth-order valence-electron chi connectivity index (χ4n) is 2.37. The lowest BCUT2D eigenvalue weighted by Gasteiger charge is -2.35. The van der Waals surface area contributed by atoms with Gasteiger partial charge in [-0.1, -0.05) is 6.07 Å². The third-order valence-corrected chi connectivity index (χ3v) is 3.74. The first-order valence-electron chi connectivity index (χ1n) is 6.59. The second-order valence-corrected chi connectivity index (χ2v) is 4.91. The Morgan fingerprint density at radius 2 is 2.26 bits per heavy atom. The average Bonchev–Trinajstić information content (AvgIpc) is 2.41. The number of amides is 1. The molecule has 0 aliphatic carbocycles.